The number of nitrogens with zero attached hydrogens (tertiary/aromatic N) is 3. The van der Waals surface area contributed by atoms with Crippen molar-refractivity contribution in [1.82, 2.24) is 14.5 Å². The minimum atomic E-state index is 0.103. The lowest BCUT2D eigenvalue weighted by Gasteiger charge is -2.24. The molecule has 1 atom stereocenters. The Labute approximate surface area is 148 Å². The number of hydrogen-bond acceptors (Lipinski definition) is 2. The van der Waals surface area contributed by atoms with Crippen molar-refractivity contribution >= 4 is 16.7 Å². The van der Waals surface area contributed by atoms with Gasteiger partial charge in [-0.3, -0.25) is 4.79 Å². The Kier molecular flexibility index (Phi) is 4.04. The van der Waals surface area contributed by atoms with Crippen molar-refractivity contribution in [2.45, 2.75) is 32.2 Å². The van der Waals surface area contributed by atoms with E-state index in [9.17, 15) is 4.79 Å². The molecule has 4 nitrogen and oxygen atoms in total. The first-order valence-electron chi connectivity index (χ1n) is 8.89. The molecular formula is C21H23N3O. The fraction of sp³-hybridized carbons (Fsp3) is 0.333. The number of carbonyl (C=O) groups excluding carboxylic acids is 1. The third-order valence-corrected chi connectivity index (χ3v) is 5.07. The molecular weight excluding hydrogens is 310 g/mol. The number of imidazole rings is 1. The molecule has 3 aromatic rings. The molecule has 128 valence electrons. The van der Waals surface area contributed by atoms with E-state index in [4.69, 9.17) is 0 Å². The molecule has 0 spiro atoms. The van der Waals surface area contributed by atoms with E-state index < -0.39 is 0 Å². The molecule has 0 N–H and O–H groups in total. The molecule has 1 aliphatic rings. The van der Waals surface area contributed by atoms with Crippen LogP contribution in [0, 0.1) is 6.92 Å². The predicted octanol–water partition coefficient (Wildman–Crippen LogP) is 3.79. The lowest BCUT2D eigenvalue weighted by Crippen LogP contribution is -2.33. The molecule has 0 aliphatic carbocycles. The summed E-state index contributed by atoms with van der Waals surface area (Å²) in [6.07, 6.45) is 4.51. The SMILES string of the molecule is Cc1cn(C)c([C@@H]2CCCN2C(=O)Cc2ccc3ccccc3c2)n1. The average Bonchev–Trinajstić information content (AvgIpc) is 3.20. The van der Waals surface area contributed by atoms with Crippen molar-refractivity contribution in [2.24, 2.45) is 7.05 Å². The van der Waals surface area contributed by atoms with E-state index in [1.807, 2.05) is 37.2 Å². The second-order valence-corrected chi connectivity index (χ2v) is 6.95. The van der Waals surface area contributed by atoms with Crippen LogP contribution in [-0.2, 0) is 18.3 Å². The third kappa shape index (κ3) is 3.04. The number of amides is 1. The summed E-state index contributed by atoms with van der Waals surface area (Å²) in [4.78, 5) is 19.6. The summed E-state index contributed by atoms with van der Waals surface area (Å²) in [6, 6.07) is 14.7. The molecule has 2 aromatic carbocycles. The number of aryl methyl sites for hydroxylation is 2. The third-order valence-electron chi connectivity index (χ3n) is 5.07. The maximum absolute atomic E-state index is 12.9. The fourth-order valence-corrected chi connectivity index (χ4v) is 3.90. The quantitative estimate of drug-likeness (QED) is 0.731. The van der Waals surface area contributed by atoms with Gasteiger partial charge in [-0.15, -0.1) is 0 Å². The van der Waals surface area contributed by atoms with Gasteiger partial charge in [-0.1, -0.05) is 42.5 Å². The number of likely N-dealkylation sites (tertiary alicyclic amines) is 1. The topological polar surface area (TPSA) is 38.1 Å². The molecule has 0 radical (unpaired) electrons. The normalized spacial score (nSPS) is 17.4. The van der Waals surface area contributed by atoms with E-state index in [-0.39, 0.29) is 11.9 Å². The Morgan fingerprint density at radius 3 is 2.76 bits per heavy atom. The van der Waals surface area contributed by atoms with Crippen LogP contribution < -0.4 is 0 Å². The van der Waals surface area contributed by atoms with Gasteiger partial charge in [0.1, 0.15) is 5.82 Å². The minimum Gasteiger partial charge on any atom is -0.336 e. The van der Waals surface area contributed by atoms with E-state index in [1.54, 1.807) is 0 Å². The first-order valence-corrected chi connectivity index (χ1v) is 8.89. The molecule has 2 heterocycles. The van der Waals surface area contributed by atoms with Crippen molar-refractivity contribution in [3.63, 3.8) is 0 Å². The number of fused-ring (bicyclic) bond motifs is 1. The highest BCUT2D eigenvalue weighted by atomic mass is 16.2. The Balaban J connectivity index is 1.55. The Morgan fingerprint density at radius 2 is 2.00 bits per heavy atom. The van der Waals surface area contributed by atoms with Crippen molar-refractivity contribution in [1.29, 1.82) is 0 Å². The average molecular weight is 333 g/mol. The molecule has 1 amide bonds. The van der Waals surface area contributed by atoms with Crippen LogP contribution in [0.3, 0.4) is 0 Å². The van der Waals surface area contributed by atoms with E-state index >= 15 is 0 Å². The van der Waals surface area contributed by atoms with Crippen molar-refractivity contribution in [3.05, 3.63) is 65.7 Å². The van der Waals surface area contributed by atoms with Crippen LogP contribution in [0.1, 0.15) is 36.0 Å². The molecule has 1 aromatic heterocycles. The maximum Gasteiger partial charge on any atom is 0.227 e. The Morgan fingerprint density at radius 1 is 1.20 bits per heavy atom. The lowest BCUT2D eigenvalue weighted by molar-refractivity contribution is -0.131. The zero-order valence-electron chi connectivity index (χ0n) is 14.8. The number of carbonyl (C=O) groups is 1. The van der Waals surface area contributed by atoms with Gasteiger partial charge in [0, 0.05) is 19.8 Å². The fourth-order valence-electron chi connectivity index (χ4n) is 3.90. The van der Waals surface area contributed by atoms with Crippen LogP contribution in [0.2, 0.25) is 0 Å². The summed E-state index contributed by atoms with van der Waals surface area (Å²) in [6.45, 7) is 2.82. The predicted molar refractivity (Wildman–Crippen MR) is 99.3 cm³/mol. The number of benzene rings is 2. The van der Waals surface area contributed by atoms with Gasteiger partial charge in [0.15, 0.2) is 0 Å². The van der Waals surface area contributed by atoms with Gasteiger partial charge in [0.25, 0.3) is 0 Å². The van der Waals surface area contributed by atoms with Gasteiger partial charge in [-0.2, -0.15) is 0 Å². The summed E-state index contributed by atoms with van der Waals surface area (Å²) in [7, 11) is 2.01. The van der Waals surface area contributed by atoms with Crippen molar-refractivity contribution < 1.29 is 4.79 Å². The number of hydrogen-bond donors (Lipinski definition) is 0. The maximum atomic E-state index is 12.9. The molecule has 4 heteroatoms. The zero-order valence-corrected chi connectivity index (χ0v) is 14.8. The summed E-state index contributed by atoms with van der Waals surface area (Å²) in [5.41, 5.74) is 2.08. The summed E-state index contributed by atoms with van der Waals surface area (Å²) < 4.78 is 2.06. The molecule has 1 saturated heterocycles. The zero-order chi connectivity index (χ0) is 17.4. The van der Waals surface area contributed by atoms with E-state index in [0.717, 1.165) is 36.5 Å². The molecule has 0 saturated carbocycles. The highest BCUT2D eigenvalue weighted by Gasteiger charge is 2.32. The van der Waals surface area contributed by atoms with Crippen molar-refractivity contribution in [3.8, 4) is 0 Å². The highest BCUT2D eigenvalue weighted by molar-refractivity contribution is 5.85. The van der Waals surface area contributed by atoms with Gasteiger partial charge in [0.2, 0.25) is 5.91 Å². The summed E-state index contributed by atoms with van der Waals surface area (Å²) in [5, 5.41) is 2.40. The minimum absolute atomic E-state index is 0.103. The van der Waals surface area contributed by atoms with Gasteiger partial charge in [-0.05, 0) is 36.1 Å². The van der Waals surface area contributed by atoms with E-state index in [1.165, 1.54) is 10.8 Å². The van der Waals surface area contributed by atoms with Crippen LogP contribution in [0.15, 0.2) is 48.7 Å². The van der Waals surface area contributed by atoms with Crippen molar-refractivity contribution in [2.75, 3.05) is 6.54 Å². The standard InChI is InChI=1S/C21H23N3O/c1-15-14-23(2)21(22-15)19-8-5-11-24(19)20(25)13-16-9-10-17-6-3-4-7-18(17)12-16/h3-4,6-7,9-10,12,14,19H,5,8,11,13H2,1-2H3/t19-/m0/s1. The van der Waals surface area contributed by atoms with Crippen LogP contribution in [0.5, 0.6) is 0 Å². The van der Waals surface area contributed by atoms with Crippen LogP contribution in [0.4, 0.5) is 0 Å². The first kappa shape index (κ1) is 15.9. The lowest BCUT2D eigenvalue weighted by atomic mass is 10.0. The molecule has 1 aliphatic heterocycles. The second kappa shape index (κ2) is 6.36. The number of aromatic nitrogens is 2. The van der Waals surface area contributed by atoms with Gasteiger partial charge in [0.05, 0.1) is 18.2 Å². The van der Waals surface area contributed by atoms with Gasteiger partial charge in [-0.25, -0.2) is 4.98 Å². The van der Waals surface area contributed by atoms with Gasteiger partial charge < -0.3 is 9.47 Å². The Bertz CT molecular complexity index is 928. The molecule has 1 fully saturated rings. The largest absolute Gasteiger partial charge is 0.336 e. The summed E-state index contributed by atoms with van der Waals surface area (Å²) >= 11 is 0. The molecule has 25 heavy (non-hydrogen) atoms. The van der Waals surface area contributed by atoms with Crippen LogP contribution in [-0.4, -0.2) is 26.9 Å². The molecule has 0 bridgehead atoms. The first-order chi connectivity index (χ1) is 12.1. The molecule has 4 rings (SSSR count). The number of rotatable bonds is 3. The Hall–Kier alpha value is -2.62. The van der Waals surface area contributed by atoms with E-state index in [2.05, 4.69) is 39.9 Å². The van der Waals surface area contributed by atoms with Crippen LogP contribution in [0.25, 0.3) is 10.8 Å². The molecule has 0 unspecified atom stereocenters. The highest BCUT2D eigenvalue weighted by Crippen LogP contribution is 2.31. The second-order valence-electron chi connectivity index (χ2n) is 6.95. The smallest absolute Gasteiger partial charge is 0.227 e. The van der Waals surface area contributed by atoms with Crippen LogP contribution >= 0.6 is 0 Å². The van der Waals surface area contributed by atoms with Gasteiger partial charge >= 0.3 is 0 Å². The van der Waals surface area contributed by atoms with E-state index in [0.29, 0.717) is 6.42 Å². The monoisotopic (exact) mass is 333 g/mol. The summed E-state index contributed by atoms with van der Waals surface area (Å²) in [5.74, 6) is 1.19.